The van der Waals surface area contributed by atoms with E-state index in [9.17, 15) is 8.78 Å². The lowest BCUT2D eigenvalue weighted by Gasteiger charge is -2.05. The van der Waals surface area contributed by atoms with E-state index < -0.39 is 11.6 Å². The van der Waals surface area contributed by atoms with E-state index >= 15 is 0 Å². The molecule has 0 aliphatic rings. The molecule has 0 spiro atoms. The number of hydrogen-bond acceptors (Lipinski definition) is 1. The molecule has 0 saturated carbocycles. The first-order chi connectivity index (χ1) is 30.8. The van der Waals surface area contributed by atoms with Crippen LogP contribution in [0.3, 0.4) is 0 Å². The number of hydrogen-bond donors (Lipinski definition) is 0. The van der Waals surface area contributed by atoms with Crippen LogP contribution >= 0.6 is 11.3 Å². The van der Waals surface area contributed by atoms with Gasteiger partial charge in [-0.3, -0.25) is 0 Å². The number of halogens is 2. The van der Waals surface area contributed by atoms with Crippen LogP contribution in [0.2, 0.25) is 0 Å². The van der Waals surface area contributed by atoms with E-state index in [0.717, 1.165) is 11.8 Å². The third-order valence-corrected chi connectivity index (χ3v) is 12.9. The number of aromatic nitrogens is 4. The first kappa shape index (κ1) is 45.1. The number of rotatable bonds is 3. The summed E-state index contributed by atoms with van der Waals surface area (Å²) in [5.41, 5.74) is 12.3. The lowest BCUT2D eigenvalue weighted by Crippen LogP contribution is -2.30. The summed E-state index contributed by atoms with van der Waals surface area (Å²) in [5, 5.41) is 5.35. The topological polar surface area (TPSA) is 15.5 Å². The summed E-state index contributed by atoms with van der Waals surface area (Å²) in [4.78, 5) is 1.37. The highest BCUT2D eigenvalue weighted by atomic mass is 32.1. The molecule has 0 unspecified atom stereocenters. The van der Waals surface area contributed by atoms with Gasteiger partial charge >= 0.3 is 0 Å². The first-order valence-corrected chi connectivity index (χ1v) is 22.3. The van der Waals surface area contributed by atoms with Gasteiger partial charge in [0.25, 0.3) is 0 Å². The molecule has 10 rings (SSSR count). The van der Waals surface area contributed by atoms with Crippen molar-refractivity contribution < 1.29 is 27.0 Å². The van der Waals surface area contributed by atoms with Gasteiger partial charge < -0.3 is 0 Å². The van der Waals surface area contributed by atoms with Crippen LogP contribution in [0.4, 0.5) is 8.78 Å². The van der Waals surface area contributed by atoms with Crippen LogP contribution < -0.4 is 18.3 Å². The Morgan fingerprint density at radius 2 is 1.05 bits per heavy atom. The standard InChI is InChI=1S/C15H14NS.C15H14N.C14H16N.C13H12F2N/c1-11-12-7-3-4-9-14(12)17-15(11)13-8-5-6-10-16(13)2;1-11-5-3-6-12-8-9-13-7-4-10-16(2)15(13)14(11)12;1-11-7-8-13(12(2)10-11)14-6-4-5-9-15(14)3;1-9-7-10(14)8-11(15)13(9)12-5-3-4-6-16(12)2/h3-10H,1-2H3;3-10H,1-2H3;4-10H,1-3H3;3-8H,1-2H3/q4*+1. The maximum atomic E-state index is 13.7. The van der Waals surface area contributed by atoms with Crippen LogP contribution in [0, 0.1) is 46.3 Å². The maximum Gasteiger partial charge on any atom is 0.222 e. The fourth-order valence-electron chi connectivity index (χ4n) is 8.31. The fraction of sp³-hybridized carbons (Fsp3) is 0.158. The Kier molecular flexibility index (Phi) is 14.1. The summed E-state index contributed by atoms with van der Waals surface area (Å²) in [6.45, 7) is 10.4. The van der Waals surface area contributed by atoms with Crippen molar-refractivity contribution in [2.75, 3.05) is 0 Å². The minimum absolute atomic E-state index is 0.449. The summed E-state index contributed by atoms with van der Waals surface area (Å²) in [6.07, 6.45) is 8.11. The van der Waals surface area contributed by atoms with Crippen LogP contribution in [0.5, 0.6) is 0 Å². The van der Waals surface area contributed by atoms with Crippen molar-refractivity contribution >= 4 is 43.1 Å². The summed E-state index contributed by atoms with van der Waals surface area (Å²) in [7, 11) is 8.11. The van der Waals surface area contributed by atoms with Crippen LogP contribution in [-0.2, 0) is 28.2 Å². The number of benzene rings is 5. The van der Waals surface area contributed by atoms with Gasteiger partial charge in [-0.2, -0.15) is 0 Å². The van der Waals surface area contributed by atoms with Crippen LogP contribution in [-0.4, -0.2) is 0 Å². The van der Waals surface area contributed by atoms with Crippen molar-refractivity contribution in [2.24, 2.45) is 28.2 Å². The minimum Gasteiger partial charge on any atom is -0.207 e. The summed E-state index contributed by atoms with van der Waals surface area (Å²) in [6, 6.07) is 50.7. The van der Waals surface area contributed by atoms with Crippen molar-refractivity contribution in [3.05, 3.63) is 216 Å². The predicted octanol–water partition coefficient (Wildman–Crippen LogP) is 12.4. The van der Waals surface area contributed by atoms with Crippen molar-refractivity contribution in [3.63, 3.8) is 0 Å². The van der Waals surface area contributed by atoms with Crippen LogP contribution in [0.25, 0.3) is 64.8 Å². The quantitative estimate of drug-likeness (QED) is 0.124. The third-order valence-electron chi connectivity index (χ3n) is 11.6. The van der Waals surface area contributed by atoms with E-state index in [-0.39, 0.29) is 0 Å². The second kappa shape index (κ2) is 20.0. The Bertz CT molecular complexity index is 3180. The first-order valence-electron chi connectivity index (χ1n) is 21.4. The van der Waals surface area contributed by atoms with Gasteiger partial charge in [0.1, 0.15) is 44.7 Å². The predicted molar refractivity (Wildman–Crippen MR) is 261 cm³/mol. The molecule has 0 N–H and O–H groups in total. The second-order valence-corrected chi connectivity index (χ2v) is 17.4. The van der Waals surface area contributed by atoms with E-state index in [0.29, 0.717) is 11.1 Å². The van der Waals surface area contributed by atoms with Crippen molar-refractivity contribution in [1.29, 1.82) is 0 Å². The van der Waals surface area contributed by atoms with Crippen LogP contribution in [0.1, 0.15) is 27.8 Å². The zero-order valence-corrected chi connectivity index (χ0v) is 39.0. The highest BCUT2D eigenvalue weighted by molar-refractivity contribution is 7.22. The molecule has 0 atom stereocenters. The average molecular weight is 867 g/mol. The highest BCUT2D eigenvalue weighted by Crippen LogP contribution is 2.36. The second-order valence-electron chi connectivity index (χ2n) is 16.3. The fourth-order valence-corrected chi connectivity index (χ4v) is 9.59. The lowest BCUT2D eigenvalue weighted by atomic mass is 10.0. The summed E-state index contributed by atoms with van der Waals surface area (Å²) >= 11 is 1.87. The molecule has 320 valence electrons. The van der Waals surface area contributed by atoms with Crippen molar-refractivity contribution in [2.45, 2.75) is 34.6 Å². The molecule has 7 heteroatoms. The Morgan fingerprint density at radius 1 is 0.453 bits per heavy atom. The summed E-state index contributed by atoms with van der Waals surface area (Å²) in [5.74, 6) is -1.07. The Morgan fingerprint density at radius 3 is 1.69 bits per heavy atom. The third kappa shape index (κ3) is 9.96. The Labute approximate surface area is 380 Å². The van der Waals surface area contributed by atoms with Gasteiger partial charge in [0.2, 0.25) is 22.6 Å². The molecule has 5 aromatic carbocycles. The normalized spacial score (nSPS) is 10.7. The molecule has 0 aliphatic carbocycles. The molecule has 64 heavy (non-hydrogen) atoms. The van der Waals surface area contributed by atoms with E-state index in [4.69, 9.17) is 0 Å². The van der Waals surface area contributed by atoms with Gasteiger partial charge in [0, 0.05) is 64.2 Å². The van der Waals surface area contributed by atoms with Crippen molar-refractivity contribution in [1.82, 2.24) is 0 Å². The molecule has 10 aromatic rings. The number of fused-ring (bicyclic) bond motifs is 4. The Balaban J connectivity index is 0.000000128. The zero-order valence-electron chi connectivity index (χ0n) is 38.2. The molecule has 0 bridgehead atoms. The summed E-state index contributed by atoms with van der Waals surface area (Å²) < 4.78 is 36.4. The van der Waals surface area contributed by atoms with Gasteiger partial charge in [-0.25, -0.2) is 27.0 Å². The van der Waals surface area contributed by atoms with Gasteiger partial charge in [0.15, 0.2) is 24.8 Å². The molecule has 5 aromatic heterocycles. The smallest absolute Gasteiger partial charge is 0.207 e. The Hall–Kier alpha value is -6.96. The lowest BCUT2D eigenvalue weighted by molar-refractivity contribution is -0.660. The van der Waals surface area contributed by atoms with Crippen molar-refractivity contribution in [3.8, 4) is 33.1 Å². The average Bonchev–Trinajstić information content (AvgIpc) is 3.61. The molecule has 0 aliphatic heterocycles. The molecular weight excluding hydrogens is 811 g/mol. The molecule has 5 heterocycles. The monoisotopic (exact) mass is 866 g/mol. The number of thiophene rings is 1. The number of aryl methyl sites for hydroxylation is 9. The van der Waals surface area contributed by atoms with Gasteiger partial charge in [-0.05, 0) is 116 Å². The van der Waals surface area contributed by atoms with Gasteiger partial charge in [0.05, 0.1) is 10.9 Å². The molecule has 0 amide bonds. The van der Waals surface area contributed by atoms with Crippen LogP contribution in [0.15, 0.2) is 176 Å². The SMILES string of the molecule is Cc1c(-c2cccc[n+]2C)sc2ccccc12.Cc1cc(F)cc(F)c1-c1cccc[n+]1C.Cc1ccc(-c2cccc[n+]2C)c(C)c1.Cc1cccc2ccc3ccc[n+](C)c3c12. The molecule has 0 fully saturated rings. The highest BCUT2D eigenvalue weighted by Gasteiger charge is 2.19. The van der Waals surface area contributed by atoms with E-state index in [1.54, 1.807) is 6.92 Å². The van der Waals surface area contributed by atoms with E-state index in [1.807, 2.05) is 53.4 Å². The minimum atomic E-state index is -0.544. The maximum absolute atomic E-state index is 13.7. The molecular formula is C57H56F2N4S+4. The van der Waals surface area contributed by atoms with Gasteiger partial charge in [-0.1, -0.05) is 60.2 Å². The number of pyridine rings is 4. The molecule has 0 saturated heterocycles. The van der Waals surface area contributed by atoms with Gasteiger partial charge in [-0.15, -0.1) is 11.3 Å². The molecule has 0 radical (unpaired) electrons. The molecule has 4 nitrogen and oxygen atoms in total. The number of nitrogens with zero attached hydrogens (tertiary/aromatic N) is 4. The zero-order chi connectivity index (χ0) is 45.5. The van der Waals surface area contributed by atoms with E-state index in [2.05, 4.69) is 196 Å². The van der Waals surface area contributed by atoms with E-state index in [1.165, 1.54) is 81.9 Å². The largest absolute Gasteiger partial charge is 0.222 e.